The normalized spacial score (nSPS) is 28.1. The van der Waals surface area contributed by atoms with Gasteiger partial charge in [0.1, 0.15) is 0 Å². The van der Waals surface area contributed by atoms with Crippen molar-refractivity contribution in [3.8, 4) is 0 Å². The molecule has 1 N–H and O–H groups in total. The number of fused-ring (bicyclic) bond motifs is 1. The fraction of sp³-hybridized carbons (Fsp3) is 0.667. The smallest absolute Gasteiger partial charge is 0.0323 e. The molecule has 0 aromatic heterocycles. The molecule has 1 aromatic rings. The average Bonchev–Trinajstić information content (AvgIpc) is 2.48. The first-order valence-corrected chi connectivity index (χ1v) is 8.17. The van der Waals surface area contributed by atoms with Crippen molar-refractivity contribution in [2.45, 2.75) is 63.8 Å². The van der Waals surface area contributed by atoms with E-state index in [2.05, 4.69) is 36.5 Å². The zero-order valence-corrected chi connectivity index (χ0v) is 12.2. The average molecular weight is 257 g/mol. The Morgan fingerprint density at radius 3 is 2.47 bits per heavy atom. The summed E-state index contributed by atoms with van der Waals surface area (Å²) >= 11 is 0. The molecular weight excluding hydrogens is 230 g/mol. The number of hydrogen-bond acceptors (Lipinski definition) is 1. The van der Waals surface area contributed by atoms with Crippen molar-refractivity contribution in [3.05, 3.63) is 35.4 Å². The predicted octanol–water partition coefficient (Wildman–Crippen LogP) is 4.79. The highest BCUT2D eigenvalue weighted by Crippen LogP contribution is 2.37. The Hall–Kier alpha value is -0.820. The molecule has 1 nitrogen and oxygen atoms in total. The van der Waals surface area contributed by atoms with Crippen molar-refractivity contribution in [2.24, 2.45) is 5.92 Å². The monoisotopic (exact) mass is 257 g/mol. The molecule has 1 saturated carbocycles. The molecule has 2 unspecified atom stereocenters. The summed E-state index contributed by atoms with van der Waals surface area (Å²) in [6, 6.07) is 9.66. The van der Waals surface area contributed by atoms with Gasteiger partial charge in [-0.25, -0.2) is 0 Å². The van der Waals surface area contributed by atoms with E-state index in [9.17, 15) is 0 Å². The van der Waals surface area contributed by atoms with Gasteiger partial charge in [-0.1, -0.05) is 50.5 Å². The number of benzene rings is 1. The molecule has 0 aliphatic heterocycles. The van der Waals surface area contributed by atoms with Crippen LogP contribution in [0.4, 0.5) is 0 Å². The first kappa shape index (κ1) is 13.2. The van der Waals surface area contributed by atoms with Crippen LogP contribution < -0.4 is 5.32 Å². The molecular formula is C18H27N. The third-order valence-electron chi connectivity index (χ3n) is 5.17. The first-order chi connectivity index (χ1) is 9.34. The summed E-state index contributed by atoms with van der Waals surface area (Å²) in [5.41, 5.74) is 3.15. The largest absolute Gasteiger partial charge is 0.310 e. The molecule has 2 atom stereocenters. The number of nitrogens with one attached hydrogen (secondary N) is 1. The lowest BCUT2D eigenvalue weighted by atomic mass is 9.80. The van der Waals surface area contributed by atoms with Crippen LogP contribution in [-0.4, -0.2) is 6.54 Å². The van der Waals surface area contributed by atoms with Crippen molar-refractivity contribution < 1.29 is 0 Å². The van der Waals surface area contributed by atoms with Gasteiger partial charge in [0.2, 0.25) is 0 Å². The Morgan fingerprint density at radius 1 is 0.947 bits per heavy atom. The zero-order chi connectivity index (χ0) is 13.1. The Labute approximate surface area is 117 Å². The van der Waals surface area contributed by atoms with Crippen molar-refractivity contribution in [1.82, 2.24) is 5.32 Å². The topological polar surface area (TPSA) is 12.0 Å². The molecule has 0 spiro atoms. The van der Waals surface area contributed by atoms with Crippen LogP contribution in [0.25, 0.3) is 0 Å². The quantitative estimate of drug-likeness (QED) is 0.820. The third kappa shape index (κ3) is 3.02. The van der Waals surface area contributed by atoms with E-state index in [0.29, 0.717) is 6.04 Å². The lowest BCUT2D eigenvalue weighted by Crippen LogP contribution is -2.31. The van der Waals surface area contributed by atoms with Gasteiger partial charge < -0.3 is 5.32 Å². The molecule has 1 fully saturated rings. The molecule has 2 aliphatic carbocycles. The maximum atomic E-state index is 3.87. The molecule has 3 rings (SSSR count). The van der Waals surface area contributed by atoms with Crippen LogP contribution in [0.3, 0.4) is 0 Å². The van der Waals surface area contributed by atoms with Gasteiger partial charge >= 0.3 is 0 Å². The Morgan fingerprint density at radius 2 is 1.68 bits per heavy atom. The van der Waals surface area contributed by atoms with Crippen LogP contribution >= 0.6 is 0 Å². The standard InChI is InChI=1S/C18H27N/c1-14-11-12-18(17-10-6-5-9-16(14)17)19-13-15-7-3-2-4-8-15/h5-6,9-10,14-15,18-19H,2-4,7-8,11-13H2,1H3. The summed E-state index contributed by atoms with van der Waals surface area (Å²) in [5.74, 6) is 1.67. The molecule has 2 aliphatic rings. The molecule has 0 saturated heterocycles. The van der Waals surface area contributed by atoms with Gasteiger partial charge in [0.05, 0.1) is 0 Å². The van der Waals surface area contributed by atoms with E-state index >= 15 is 0 Å². The highest BCUT2D eigenvalue weighted by Gasteiger charge is 2.24. The van der Waals surface area contributed by atoms with E-state index in [0.717, 1.165) is 11.8 Å². The maximum Gasteiger partial charge on any atom is 0.0323 e. The summed E-state index contributed by atoms with van der Waals surface area (Å²) in [7, 11) is 0. The second kappa shape index (κ2) is 6.09. The van der Waals surface area contributed by atoms with Crippen LogP contribution in [0.5, 0.6) is 0 Å². The minimum Gasteiger partial charge on any atom is -0.310 e. The van der Waals surface area contributed by atoms with E-state index in [4.69, 9.17) is 0 Å². The Balaban J connectivity index is 1.64. The van der Waals surface area contributed by atoms with E-state index in [1.807, 2.05) is 0 Å². The van der Waals surface area contributed by atoms with Gasteiger partial charge in [-0.2, -0.15) is 0 Å². The molecule has 1 heteroatoms. The molecule has 19 heavy (non-hydrogen) atoms. The van der Waals surface area contributed by atoms with Crippen molar-refractivity contribution in [2.75, 3.05) is 6.54 Å². The van der Waals surface area contributed by atoms with Gasteiger partial charge in [0, 0.05) is 6.04 Å². The van der Waals surface area contributed by atoms with Crippen LogP contribution in [0.2, 0.25) is 0 Å². The molecule has 0 bridgehead atoms. The minimum absolute atomic E-state index is 0.606. The van der Waals surface area contributed by atoms with E-state index in [1.54, 1.807) is 11.1 Å². The van der Waals surface area contributed by atoms with Crippen molar-refractivity contribution >= 4 is 0 Å². The van der Waals surface area contributed by atoms with Crippen molar-refractivity contribution in [3.63, 3.8) is 0 Å². The fourth-order valence-corrected chi connectivity index (χ4v) is 3.92. The van der Waals surface area contributed by atoms with Crippen LogP contribution in [-0.2, 0) is 0 Å². The van der Waals surface area contributed by atoms with Gasteiger partial charge in [0.15, 0.2) is 0 Å². The fourth-order valence-electron chi connectivity index (χ4n) is 3.92. The van der Waals surface area contributed by atoms with Gasteiger partial charge in [0.25, 0.3) is 0 Å². The summed E-state index contributed by atoms with van der Waals surface area (Å²) in [5, 5.41) is 3.87. The van der Waals surface area contributed by atoms with Crippen LogP contribution in [0, 0.1) is 5.92 Å². The summed E-state index contributed by atoms with van der Waals surface area (Å²) in [6.07, 6.45) is 9.88. The number of rotatable bonds is 3. The highest BCUT2D eigenvalue weighted by atomic mass is 14.9. The van der Waals surface area contributed by atoms with E-state index in [1.165, 1.54) is 51.5 Å². The molecule has 0 radical (unpaired) electrons. The predicted molar refractivity (Wildman–Crippen MR) is 81.4 cm³/mol. The Kier molecular flexibility index (Phi) is 4.22. The summed E-state index contributed by atoms with van der Waals surface area (Å²) in [4.78, 5) is 0. The van der Waals surface area contributed by atoms with Crippen LogP contribution in [0.1, 0.15) is 75.0 Å². The molecule has 104 valence electrons. The second-order valence-corrected chi connectivity index (χ2v) is 6.57. The van der Waals surface area contributed by atoms with Gasteiger partial charge in [-0.3, -0.25) is 0 Å². The maximum absolute atomic E-state index is 3.87. The van der Waals surface area contributed by atoms with E-state index in [-0.39, 0.29) is 0 Å². The lowest BCUT2D eigenvalue weighted by molar-refractivity contribution is 0.316. The minimum atomic E-state index is 0.606. The molecule has 0 amide bonds. The highest BCUT2D eigenvalue weighted by molar-refractivity contribution is 5.34. The zero-order valence-electron chi connectivity index (χ0n) is 12.2. The van der Waals surface area contributed by atoms with Gasteiger partial charge in [-0.05, 0) is 55.2 Å². The second-order valence-electron chi connectivity index (χ2n) is 6.57. The van der Waals surface area contributed by atoms with Gasteiger partial charge in [-0.15, -0.1) is 0 Å². The summed E-state index contributed by atoms with van der Waals surface area (Å²) in [6.45, 7) is 3.60. The number of hydrogen-bond donors (Lipinski definition) is 1. The summed E-state index contributed by atoms with van der Waals surface area (Å²) < 4.78 is 0. The molecule has 1 aromatic carbocycles. The third-order valence-corrected chi connectivity index (χ3v) is 5.17. The molecule has 0 heterocycles. The van der Waals surface area contributed by atoms with Crippen LogP contribution in [0.15, 0.2) is 24.3 Å². The first-order valence-electron chi connectivity index (χ1n) is 8.17. The van der Waals surface area contributed by atoms with Crippen molar-refractivity contribution in [1.29, 1.82) is 0 Å². The van der Waals surface area contributed by atoms with E-state index < -0.39 is 0 Å². The SMILES string of the molecule is CC1CCC(NCC2CCCCC2)c2ccccc21. The Bertz CT molecular complexity index is 406. The lowest BCUT2D eigenvalue weighted by Gasteiger charge is -2.32.